The summed E-state index contributed by atoms with van der Waals surface area (Å²) in [5.41, 5.74) is 0.382. The second kappa shape index (κ2) is 7.07. The highest BCUT2D eigenvalue weighted by molar-refractivity contribution is 9.10. The number of ether oxygens (including phenoxy) is 1. The zero-order chi connectivity index (χ0) is 13.7. The number of halogens is 3. The Balaban J connectivity index is 2.70. The molecule has 1 unspecified atom stereocenters. The summed E-state index contributed by atoms with van der Waals surface area (Å²) >= 11 is 9.03. The summed E-state index contributed by atoms with van der Waals surface area (Å²) in [7, 11) is 1.59. The van der Waals surface area contributed by atoms with Gasteiger partial charge < -0.3 is 10.1 Å². The van der Waals surface area contributed by atoms with Crippen molar-refractivity contribution >= 4 is 39.1 Å². The Morgan fingerprint density at radius 2 is 2.28 bits per heavy atom. The van der Waals surface area contributed by atoms with Gasteiger partial charge in [-0.2, -0.15) is 0 Å². The zero-order valence-electron chi connectivity index (χ0n) is 10.1. The molecule has 0 saturated heterocycles. The van der Waals surface area contributed by atoms with Crippen molar-refractivity contribution in [1.29, 1.82) is 0 Å². The highest BCUT2D eigenvalue weighted by atomic mass is 79.9. The van der Waals surface area contributed by atoms with Crippen molar-refractivity contribution in [3.05, 3.63) is 27.4 Å². The Morgan fingerprint density at radius 1 is 1.61 bits per heavy atom. The van der Waals surface area contributed by atoms with E-state index in [-0.39, 0.29) is 16.8 Å². The van der Waals surface area contributed by atoms with Crippen LogP contribution in [0.15, 0.2) is 16.6 Å². The Kier molecular flexibility index (Phi) is 6.05. The van der Waals surface area contributed by atoms with Crippen LogP contribution in [0.5, 0.6) is 0 Å². The summed E-state index contributed by atoms with van der Waals surface area (Å²) in [4.78, 5) is 11.7. The molecule has 0 heterocycles. The average molecular weight is 339 g/mol. The molecule has 1 N–H and O–H groups in total. The number of hydrogen-bond donors (Lipinski definition) is 1. The second-order valence-corrected chi connectivity index (χ2v) is 5.32. The summed E-state index contributed by atoms with van der Waals surface area (Å²) in [6, 6.07) is 2.40. The monoisotopic (exact) mass is 337 g/mol. The van der Waals surface area contributed by atoms with Gasteiger partial charge >= 0.3 is 0 Å². The number of amides is 1. The molecule has 0 aromatic heterocycles. The minimum atomic E-state index is -0.461. The topological polar surface area (TPSA) is 38.3 Å². The molecule has 0 bridgehead atoms. The zero-order valence-corrected chi connectivity index (χ0v) is 12.4. The van der Waals surface area contributed by atoms with E-state index in [0.29, 0.717) is 23.2 Å². The van der Waals surface area contributed by atoms with Crippen LogP contribution in [-0.2, 0) is 9.53 Å². The number of hydrogen-bond acceptors (Lipinski definition) is 2. The lowest BCUT2D eigenvalue weighted by Gasteiger charge is -2.12. The fourth-order valence-corrected chi connectivity index (χ4v) is 2.41. The molecule has 0 aliphatic rings. The molecule has 1 aromatic rings. The van der Waals surface area contributed by atoms with E-state index < -0.39 is 5.82 Å². The number of carbonyl (C=O) groups excluding carboxylic acids is 1. The minimum Gasteiger partial charge on any atom is -0.384 e. The summed E-state index contributed by atoms with van der Waals surface area (Å²) in [5, 5.41) is 2.82. The first-order chi connectivity index (χ1) is 8.43. The van der Waals surface area contributed by atoms with E-state index in [4.69, 9.17) is 16.3 Å². The maximum absolute atomic E-state index is 13.0. The Hall–Kier alpha value is -0.650. The first kappa shape index (κ1) is 15.4. The SMILES string of the molecule is COCC(C)CC(=O)Nc1c(Cl)cc(F)cc1Br. The summed E-state index contributed by atoms with van der Waals surface area (Å²) in [5.74, 6) is -0.542. The molecule has 1 atom stereocenters. The highest BCUT2D eigenvalue weighted by Gasteiger charge is 2.13. The first-order valence-electron chi connectivity index (χ1n) is 5.37. The van der Waals surface area contributed by atoms with Gasteiger partial charge in [-0.3, -0.25) is 4.79 Å². The van der Waals surface area contributed by atoms with Crippen molar-refractivity contribution in [1.82, 2.24) is 0 Å². The van der Waals surface area contributed by atoms with Crippen molar-refractivity contribution in [2.24, 2.45) is 5.92 Å². The van der Waals surface area contributed by atoms with E-state index in [0.717, 1.165) is 6.07 Å². The number of benzene rings is 1. The van der Waals surface area contributed by atoms with Crippen molar-refractivity contribution in [3.8, 4) is 0 Å². The molecule has 0 aliphatic carbocycles. The van der Waals surface area contributed by atoms with E-state index in [1.807, 2.05) is 6.92 Å². The lowest BCUT2D eigenvalue weighted by Crippen LogP contribution is -2.18. The maximum atomic E-state index is 13.0. The molecule has 6 heteroatoms. The van der Waals surface area contributed by atoms with Gasteiger partial charge in [-0.05, 0) is 34.0 Å². The third kappa shape index (κ3) is 4.55. The van der Waals surface area contributed by atoms with Crippen LogP contribution in [0.25, 0.3) is 0 Å². The Morgan fingerprint density at radius 3 is 2.83 bits per heavy atom. The number of methoxy groups -OCH3 is 1. The molecule has 0 aliphatic heterocycles. The van der Waals surface area contributed by atoms with Gasteiger partial charge in [0, 0.05) is 24.6 Å². The van der Waals surface area contributed by atoms with Crippen LogP contribution in [0.2, 0.25) is 5.02 Å². The van der Waals surface area contributed by atoms with Crippen LogP contribution in [0.3, 0.4) is 0 Å². The molecular weight excluding hydrogens is 324 g/mol. The normalized spacial score (nSPS) is 12.3. The molecule has 100 valence electrons. The van der Waals surface area contributed by atoms with E-state index >= 15 is 0 Å². The molecule has 1 rings (SSSR count). The molecule has 0 saturated carbocycles. The highest BCUT2D eigenvalue weighted by Crippen LogP contribution is 2.31. The fourth-order valence-electron chi connectivity index (χ4n) is 1.51. The summed E-state index contributed by atoms with van der Waals surface area (Å²) < 4.78 is 18.4. The van der Waals surface area contributed by atoms with Gasteiger partial charge in [-0.25, -0.2) is 4.39 Å². The van der Waals surface area contributed by atoms with Crippen LogP contribution < -0.4 is 5.32 Å². The van der Waals surface area contributed by atoms with Gasteiger partial charge in [0.15, 0.2) is 0 Å². The van der Waals surface area contributed by atoms with E-state index in [1.165, 1.54) is 6.07 Å². The van der Waals surface area contributed by atoms with Gasteiger partial charge in [0.05, 0.1) is 10.7 Å². The lowest BCUT2D eigenvalue weighted by molar-refractivity contribution is -0.117. The largest absolute Gasteiger partial charge is 0.384 e. The molecule has 0 fully saturated rings. The van der Waals surface area contributed by atoms with E-state index in [1.54, 1.807) is 7.11 Å². The van der Waals surface area contributed by atoms with Crippen LogP contribution in [0, 0.1) is 11.7 Å². The summed E-state index contributed by atoms with van der Waals surface area (Å²) in [6.07, 6.45) is 0.313. The molecular formula is C12H14BrClFNO2. The van der Waals surface area contributed by atoms with Crippen molar-refractivity contribution in [2.75, 3.05) is 19.0 Å². The summed E-state index contributed by atoms with van der Waals surface area (Å²) in [6.45, 7) is 2.41. The van der Waals surface area contributed by atoms with E-state index in [9.17, 15) is 9.18 Å². The molecule has 1 amide bonds. The van der Waals surface area contributed by atoms with E-state index in [2.05, 4.69) is 21.2 Å². The van der Waals surface area contributed by atoms with Crippen LogP contribution in [0.1, 0.15) is 13.3 Å². The number of rotatable bonds is 5. The quantitative estimate of drug-likeness (QED) is 0.885. The maximum Gasteiger partial charge on any atom is 0.224 e. The van der Waals surface area contributed by atoms with Gasteiger partial charge in [0.1, 0.15) is 5.82 Å². The van der Waals surface area contributed by atoms with Crippen LogP contribution >= 0.6 is 27.5 Å². The molecule has 3 nitrogen and oxygen atoms in total. The number of anilines is 1. The fraction of sp³-hybridized carbons (Fsp3) is 0.417. The van der Waals surface area contributed by atoms with Crippen molar-refractivity contribution in [2.45, 2.75) is 13.3 Å². The predicted molar refractivity (Wildman–Crippen MR) is 73.4 cm³/mol. The van der Waals surface area contributed by atoms with Crippen LogP contribution in [0.4, 0.5) is 10.1 Å². The van der Waals surface area contributed by atoms with Gasteiger partial charge in [-0.1, -0.05) is 18.5 Å². The number of nitrogens with one attached hydrogen (secondary N) is 1. The minimum absolute atomic E-state index is 0.105. The Labute approximate surface area is 119 Å². The molecule has 18 heavy (non-hydrogen) atoms. The van der Waals surface area contributed by atoms with Gasteiger partial charge in [-0.15, -0.1) is 0 Å². The first-order valence-corrected chi connectivity index (χ1v) is 6.54. The molecule has 0 spiro atoms. The number of carbonyl (C=O) groups is 1. The van der Waals surface area contributed by atoms with Gasteiger partial charge in [0.2, 0.25) is 5.91 Å². The van der Waals surface area contributed by atoms with Crippen LogP contribution in [-0.4, -0.2) is 19.6 Å². The smallest absolute Gasteiger partial charge is 0.224 e. The average Bonchev–Trinajstić information content (AvgIpc) is 2.23. The predicted octanol–water partition coefficient (Wildman–Crippen LogP) is 3.85. The lowest BCUT2D eigenvalue weighted by atomic mass is 10.1. The molecule has 0 radical (unpaired) electrons. The standard InChI is InChI=1S/C12H14BrClFNO2/c1-7(6-18-2)3-11(17)16-12-9(13)4-8(15)5-10(12)14/h4-5,7H,3,6H2,1-2H3,(H,16,17). The van der Waals surface area contributed by atoms with Crippen molar-refractivity contribution in [3.63, 3.8) is 0 Å². The molecule has 1 aromatic carbocycles. The third-order valence-electron chi connectivity index (χ3n) is 2.26. The van der Waals surface area contributed by atoms with Crippen molar-refractivity contribution < 1.29 is 13.9 Å². The second-order valence-electron chi connectivity index (χ2n) is 4.06. The van der Waals surface area contributed by atoms with Gasteiger partial charge in [0.25, 0.3) is 0 Å². The Bertz CT molecular complexity index is 419. The third-order valence-corrected chi connectivity index (χ3v) is 3.18.